The van der Waals surface area contributed by atoms with Crippen LogP contribution >= 0.6 is 27.3 Å². The van der Waals surface area contributed by atoms with Gasteiger partial charge in [0.05, 0.1) is 10.4 Å². The summed E-state index contributed by atoms with van der Waals surface area (Å²) in [6, 6.07) is 9.62. The number of hydrogen-bond acceptors (Lipinski definition) is 4. The van der Waals surface area contributed by atoms with Crippen LogP contribution in [-0.4, -0.2) is 21.2 Å². The number of nitrogens with one attached hydrogen (secondary N) is 1. The van der Waals surface area contributed by atoms with Crippen LogP contribution in [-0.2, 0) is 27.9 Å². The number of thiophene rings is 1. The highest BCUT2D eigenvalue weighted by Gasteiger charge is 2.27. The van der Waals surface area contributed by atoms with Crippen LogP contribution in [0, 0.1) is 0 Å². The van der Waals surface area contributed by atoms with Gasteiger partial charge in [-0.1, -0.05) is 24.3 Å². The Kier molecular flexibility index (Phi) is 6.43. The van der Waals surface area contributed by atoms with Crippen LogP contribution in [0.2, 0.25) is 0 Å². The van der Waals surface area contributed by atoms with E-state index in [2.05, 4.69) is 25.4 Å². The molecule has 2 aromatic rings. The van der Waals surface area contributed by atoms with Crippen LogP contribution in [0.5, 0.6) is 0 Å². The van der Waals surface area contributed by atoms with Crippen LogP contribution in [0.4, 0.5) is 13.2 Å². The van der Waals surface area contributed by atoms with E-state index >= 15 is 0 Å². The maximum atomic E-state index is 12.1. The number of alkyl halides is 3. The lowest BCUT2D eigenvalue weighted by Gasteiger charge is -2.09. The molecule has 0 spiro atoms. The summed E-state index contributed by atoms with van der Waals surface area (Å²) < 4.78 is 68.0. The lowest BCUT2D eigenvalue weighted by atomic mass is 10.1. The van der Waals surface area contributed by atoms with E-state index in [1.54, 1.807) is 30.3 Å². The third kappa shape index (κ3) is 6.17. The first-order valence-corrected chi connectivity index (χ1v) is 9.72. The summed E-state index contributed by atoms with van der Waals surface area (Å²) in [4.78, 5) is 0. The average molecular weight is 444 g/mol. The van der Waals surface area contributed by atoms with Crippen molar-refractivity contribution < 1.29 is 26.3 Å². The molecule has 0 atom stereocenters. The molecule has 0 unspecified atom stereocenters. The van der Waals surface area contributed by atoms with E-state index in [0.717, 1.165) is 11.3 Å². The molecule has 0 aliphatic carbocycles. The van der Waals surface area contributed by atoms with Crippen molar-refractivity contribution in [2.45, 2.75) is 23.5 Å². The van der Waals surface area contributed by atoms with E-state index in [9.17, 15) is 21.6 Å². The van der Waals surface area contributed by atoms with Gasteiger partial charge in [-0.2, -0.15) is 13.2 Å². The fourth-order valence-electron chi connectivity index (χ4n) is 1.73. The summed E-state index contributed by atoms with van der Waals surface area (Å²) in [6.45, 7) is -1.37. The number of halogens is 4. The van der Waals surface area contributed by atoms with Crippen LogP contribution in [0.15, 0.2) is 44.4 Å². The molecular formula is C14H13BrF3NO3S2. The van der Waals surface area contributed by atoms with Gasteiger partial charge in [0.15, 0.2) is 0 Å². The molecule has 1 heterocycles. The number of rotatable bonds is 7. The number of benzene rings is 1. The molecule has 0 amide bonds. The van der Waals surface area contributed by atoms with Gasteiger partial charge in [0.25, 0.3) is 0 Å². The first-order chi connectivity index (χ1) is 11.2. The summed E-state index contributed by atoms with van der Waals surface area (Å²) in [5.74, 6) is 0. The SMILES string of the molecule is O=S(=O)(NCc1ccc(COCC(F)(F)F)cc1)c1ccc(Br)s1. The highest BCUT2D eigenvalue weighted by molar-refractivity contribution is 9.11. The lowest BCUT2D eigenvalue weighted by Crippen LogP contribution is -2.22. The first-order valence-electron chi connectivity index (χ1n) is 6.63. The van der Waals surface area contributed by atoms with Crippen LogP contribution < -0.4 is 4.72 Å². The van der Waals surface area contributed by atoms with Gasteiger partial charge in [-0.15, -0.1) is 11.3 Å². The van der Waals surface area contributed by atoms with Gasteiger partial charge in [-0.3, -0.25) is 0 Å². The molecule has 0 saturated heterocycles. The molecule has 0 fully saturated rings. The second-order valence-electron chi connectivity index (χ2n) is 4.81. The average Bonchev–Trinajstić information content (AvgIpc) is 2.93. The van der Waals surface area contributed by atoms with Crippen LogP contribution in [0.25, 0.3) is 0 Å². The van der Waals surface area contributed by atoms with Crippen molar-refractivity contribution in [2.75, 3.05) is 6.61 Å². The largest absolute Gasteiger partial charge is 0.411 e. The summed E-state index contributed by atoms with van der Waals surface area (Å²) in [5, 5.41) is 0. The Labute approximate surface area is 149 Å². The normalized spacial score (nSPS) is 12.5. The monoisotopic (exact) mass is 443 g/mol. The number of sulfonamides is 1. The topological polar surface area (TPSA) is 55.4 Å². The minimum Gasteiger partial charge on any atom is -0.367 e. The third-order valence-corrected chi connectivity index (χ3v) is 6.35. The lowest BCUT2D eigenvalue weighted by molar-refractivity contribution is -0.176. The molecule has 1 aromatic heterocycles. The van der Waals surface area contributed by atoms with Crippen molar-refractivity contribution in [3.63, 3.8) is 0 Å². The third-order valence-electron chi connectivity index (χ3n) is 2.84. The zero-order chi connectivity index (χ0) is 17.8. The minimum absolute atomic E-state index is 0.0849. The maximum absolute atomic E-state index is 12.1. The van der Waals surface area contributed by atoms with Gasteiger partial charge in [0.2, 0.25) is 10.0 Å². The van der Waals surface area contributed by atoms with Gasteiger partial charge in [0.1, 0.15) is 10.8 Å². The fourth-order valence-corrected chi connectivity index (χ4v) is 4.80. The van der Waals surface area contributed by atoms with Crippen molar-refractivity contribution >= 4 is 37.3 Å². The minimum atomic E-state index is -4.35. The van der Waals surface area contributed by atoms with Gasteiger partial charge < -0.3 is 4.74 Å². The van der Waals surface area contributed by atoms with Crippen LogP contribution in [0.3, 0.4) is 0 Å². The Morgan fingerprint density at radius 3 is 2.25 bits per heavy atom. The molecule has 2 rings (SSSR count). The van der Waals surface area contributed by atoms with Crippen molar-refractivity contribution in [1.82, 2.24) is 4.72 Å². The predicted octanol–water partition coefficient (Wildman–Crippen LogP) is 4.07. The molecule has 4 nitrogen and oxygen atoms in total. The second-order valence-corrected chi connectivity index (χ2v) is 9.26. The molecule has 132 valence electrons. The van der Waals surface area contributed by atoms with Crippen molar-refractivity contribution in [3.8, 4) is 0 Å². The highest BCUT2D eigenvalue weighted by atomic mass is 79.9. The second kappa shape index (κ2) is 7.96. The molecule has 0 saturated carbocycles. The molecular weight excluding hydrogens is 431 g/mol. The summed E-state index contributed by atoms with van der Waals surface area (Å²) >= 11 is 4.31. The quantitative estimate of drug-likeness (QED) is 0.701. The van der Waals surface area contributed by atoms with Crippen LogP contribution in [0.1, 0.15) is 11.1 Å². The Bertz CT molecular complexity index is 773. The zero-order valence-corrected chi connectivity index (χ0v) is 15.4. The maximum Gasteiger partial charge on any atom is 0.411 e. The van der Waals surface area contributed by atoms with E-state index in [4.69, 9.17) is 0 Å². The molecule has 0 bridgehead atoms. The Morgan fingerprint density at radius 2 is 1.71 bits per heavy atom. The van der Waals surface area contributed by atoms with E-state index in [1.165, 1.54) is 6.07 Å². The summed E-state index contributed by atoms with van der Waals surface area (Å²) in [7, 11) is -3.59. The Balaban J connectivity index is 1.88. The van der Waals surface area contributed by atoms with Gasteiger partial charge in [-0.25, -0.2) is 13.1 Å². The molecule has 0 aliphatic rings. The molecule has 0 radical (unpaired) electrons. The smallest absolute Gasteiger partial charge is 0.367 e. The molecule has 10 heteroatoms. The van der Waals surface area contributed by atoms with Gasteiger partial charge in [0, 0.05) is 6.54 Å². The molecule has 1 aromatic carbocycles. The molecule has 24 heavy (non-hydrogen) atoms. The number of ether oxygens (including phenoxy) is 1. The van der Waals surface area contributed by atoms with Crippen molar-refractivity contribution in [3.05, 3.63) is 51.3 Å². The predicted molar refractivity (Wildman–Crippen MR) is 88.2 cm³/mol. The summed E-state index contributed by atoms with van der Waals surface area (Å²) in [6.07, 6.45) is -4.35. The van der Waals surface area contributed by atoms with E-state index in [1.807, 2.05) is 0 Å². The van der Waals surface area contributed by atoms with E-state index in [0.29, 0.717) is 14.9 Å². The first kappa shape index (κ1) is 19.4. The van der Waals surface area contributed by atoms with E-state index < -0.39 is 22.8 Å². The van der Waals surface area contributed by atoms with Crippen molar-refractivity contribution in [2.24, 2.45) is 0 Å². The zero-order valence-electron chi connectivity index (χ0n) is 12.1. The highest BCUT2D eigenvalue weighted by Crippen LogP contribution is 2.26. The molecule has 0 aliphatic heterocycles. The fraction of sp³-hybridized carbons (Fsp3) is 0.286. The van der Waals surface area contributed by atoms with Gasteiger partial charge in [-0.05, 0) is 39.2 Å². The standard InChI is InChI=1S/C14H13BrF3NO3S2/c15-12-5-6-13(23-12)24(20,21)19-7-10-1-3-11(4-2-10)8-22-9-14(16,17)18/h1-6,19H,7-9H2. The van der Waals surface area contributed by atoms with Crippen molar-refractivity contribution in [1.29, 1.82) is 0 Å². The summed E-state index contributed by atoms with van der Waals surface area (Å²) in [5.41, 5.74) is 1.27. The van der Waals surface area contributed by atoms with Gasteiger partial charge >= 0.3 is 6.18 Å². The molecule has 1 N–H and O–H groups in total. The Morgan fingerprint density at radius 1 is 1.08 bits per heavy atom. The van der Waals surface area contributed by atoms with E-state index in [-0.39, 0.29) is 17.4 Å². The number of hydrogen-bond donors (Lipinski definition) is 1. The Hall–Kier alpha value is -0.940.